The number of nitrogens with zero attached hydrogens (tertiary/aromatic N) is 1. The van der Waals surface area contributed by atoms with Crippen LogP contribution in [-0.2, 0) is 26.8 Å². The SMILES string of the molecule is CCN(CC)S(=O)(=O)c1ccc(Cl)c(C(=O)OCc2ccc(C(C)(C)C)cc2)c1. The first-order chi connectivity index (χ1) is 13.5. The summed E-state index contributed by atoms with van der Waals surface area (Å²) in [5.41, 5.74) is 2.10. The van der Waals surface area contributed by atoms with Crippen molar-refractivity contribution in [3.05, 3.63) is 64.2 Å². The highest BCUT2D eigenvalue weighted by molar-refractivity contribution is 7.89. The number of benzene rings is 2. The van der Waals surface area contributed by atoms with E-state index >= 15 is 0 Å². The van der Waals surface area contributed by atoms with Crippen LogP contribution >= 0.6 is 11.6 Å². The van der Waals surface area contributed by atoms with E-state index in [1.807, 2.05) is 24.3 Å². The van der Waals surface area contributed by atoms with Crippen LogP contribution in [0.15, 0.2) is 47.4 Å². The number of rotatable bonds is 7. The molecule has 0 atom stereocenters. The van der Waals surface area contributed by atoms with Crippen LogP contribution in [0.5, 0.6) is 0 Å². The van der Waals surface area contributed by atoms with Gasteiger partial charge in [-0.1, -0.05) is 70.5 Å². The maximum atomic E-state index is 12.7. The van der Waals surface area contributed by atoms with Crippen molar-refractivity contribution in [3.63, 3.8) is 0 Å². The molecule has 0 radical (unpaired) electrons. The molecule has 0 saturated heterocycles. The average molecular weight is 438 g/mol. The Kier molecular flexibility index (Phi) is 7.49. The molecule has 0 aliphatic carbocycles. The summed E-state index contributed by atoms with van der Waals surface area (Å²) in [6.45, 7) is 10.7. The smallest absolute Gasteiger partial charge is 0.340 e. The molecule has 2 aromatic rings. The summed E-state index contributed by atoms with van der Waals surface area (Å²) in [4.78, 5) is 12.6. The first-order valence-electron chi connectivity index (χ1n) is 9.57. The van der Waals surface area contributed by atoms with Gasteiger partial charge in [-0.25, -0.2) is 13.2 Å². The molecule has 158 valence electrons. The lowest BCUT2D eigenvalue weighted by Gasteiger charge is -2.19. The second kappa shape index (κ2) is 9.28. The second-order valence-electron chi connectivity index (χ2n) is 7.75. The number of carbonyl (C=O) groups excluding carboxylic acids is 1. The van der Waals surface area contributed by atoms with Crippen LogP contribution in [0.4, 0.5) is 0 Å². The molecule has 2 aromatic carbocycles. The van der Waals surface area contributed by atoms with Gasteiger partial charge >= 0.3 is 5.97 Å². The van der Waals surface area contributed by atoms with E-state index in [9.17, 15) is 13.2 Å². The molecule has 0 heterocycles. The van der Waals surface area contributed by atoms with Crippen molar-refractivity contribution in [1.82, 2.24) is 4.31 Å². The quantitative estimate of drug-likeness (QED) is 0.570. The molecular formula is C22H28ClNO4S. The third-order valence-corrected chi connectivity index (χ3v) is 7.07. The van der Waals surface area contributed by atoms with Gasteiger partial charge in [-0.2, -0.15) is 4.31 Å². The molecule has 29 heavy (non-hydrogen) atoms. The predicted molar refractivity (Wildman–Crippen MR) is 116 cm³/mol. The second-order valence-corrected chi connectivity index (χ2v) is 10.1. The number of carbonyl (C=O) groups is 1. The summed E-state index contributed by atoms with van der Waals surface area (Å²) < 4.78 is 32.1. The van der Waals surface area contributed by atoms with E-state index in [1.54, 1.807) is 13.8 Å². The van der Waals surface area contributed by atoms with Gasteiger partial charge in [0.2, 0.25) is 10.0 Å². The lowest BCUT2D eigenvalue weighted by Crippen LogP contribution is -2.30. The monoisotopic (exact) mass is 437 g/mol. The largest absolute Gasteiger partial charge is 0.457 e. The van der Waals surface area contributed by atoms with Crippen molar-refractivity contribution in [1.29, 1.82) is 0 Å². The molecule has 0 saturated carbocycles. The fourth-order valence-corrected chi connectivity index (χ4v) is 4.54. The first-order valence-corrected chi connectivity index (χ1v) is 11.4. The molecule has 0 fully saturated rings. The van der Waals surface area contributed by atoms with Gasteiger partial charge in [0.05, 0.1) is 15.5 Å². The Morgan fingerprint density at radius 3 is 2.14 bits per heavy atom. The van der Waals surface area contributed by atoms with Crippen molar-refractivity contribution in [3.8, 4) is 0 Å². The highest BCUT2D eigenvalue weighted by Gasteiger charge is 2.24. The molecule has 2 rings (SSSR count). The van der Waals surface area contributed by atoms with Gasteiger partial charge in [-0.3, -0.25) is 0 Å². The van der Waals surface area contributed by atoms with E-state index in [0.29, 0.717) is 13.1 Å². The van der Waals surface area contributed by atoms with E-state index in [2.05, 4.69) is 20.8 Å². The van der Waals surface area contributed by atoms with Crippen LogP contribution in [0, 0.1) is 0 Å². The predicted octanol–water partition coefficient (Wildman–Crippen LogP) is 5.03. The molecule has 0 spiro atoms. The van der Waals surface area contributed by atoms with Crippen molar-refractivity contribution < 1.29 is 17.9 Å². The van der Waals surface area contributed by atoms with E-state index in [4.69, 9.17) is 16.3 Å². The average Bonchev–Trinajstić information content (AvgIpc) is 2.66. The van der Waals surface area contributed by atoms with Gasteiger partial charge in [-0.15, -0.1) is 0 Å². The zero-order chi connectivity index (χ0) is 21.8. The lowest BCUT2D eigenvalue weighted by atomic mass is 9.87. The molecule has 0 aliphatic heterocycles. The van der Waals surface area contributed by atoms with Crippen LogP contribution in [0.3, 0.4) is 0 Å². The van der Waals surface area contributed by atoms with E-state index < -0.39 is 16.0 Å². The first kappa shape index (κ1) is 23.4. The summed E-state index contributed by atoms with van der Waals surface area (Å²) >= 11 is 6.13. The van der Waals surface area contributed by atoms with E-state index in [-0.39, 0.29) is 27.5 Å². The van der Waals surface area contributed by atoms with Crippen LogP contribution in [0.2, 0.25) is 5.02 Å². The minimum atomic E-state index is -3.69. The topological polar surface area (TPSA) is 63.7 Å². The van der Waals surface area contributed by atoms with Gasteiger partial charge < -0.3 is 4.74 Å². The minimum absolute atomic E-state index is 0.0204. The summed E-state index contributed by atoms with van der Waals surface area (Å²) in [6, 6.07) is 11.9. The van der Waals surface area contributed by atoms with Gasteiger partial charge in [-0.05, 0) is 34.7 Å². The van der Waals surface area contributed by atoms with Crippen molar-refractivity contribution in [2.45, 2.75) is 51.5 Å². The Morgan fingerprint density at radius 1 is 1.03 bits per heavy atom. The number of ether oxygens (including phenoxy) is 1. The zero-order valence-corrected chi connectivity index (χ0v) is 19.1. The Labute approximate surface area is 178 Å². The van der Waals surface area contributed by atoms with Gasteiger partial charge in [0.15, 0.2) is 0 Å². The maximum absolute atomic E-state index is 12.7. The number of hydrogen-bond acceptors (Lipinski definition) is 4. The Bertz CT molecular complexity index is 959. The molecular weight excluding hydrogens is 410 g/mol. The Morgan fingerprint density at radius 2 is 1.62 bits per heavy atom. The molecule has 0 aliphatic rings. The standard InChI is InChI=1S/C22H28ClNO4S/c1-6-24(7-2)29(26,27)18-12-13-20(23)19(14-18)21(25)28-15-16-8-10-17(11-9-16)22(3,4)5/h8-14H,6-7,15H2,1-5H3. The van der Waals surface area contributed by atoms with Gasteiger partial charge in [0, 0.05) is 13.1 Å². The Hall–Kier alpha value is -1.89. The van der Waals surface area contributed by atoms with Crippen molar-refractivity contribution in [2.75, 3.05) is 13.1 Å². The lowest BCUT2D eigenvalue weighted by molar-refractivity contribution is 0.0472. The fourth-order valence-electron chi connectivity index (χ4n) is 2.86. The number of sulfonamides is 1. The third-order valence-electron chi connectivity index (χ3n) is 4.69. The highest BCUT2D eigenvalue weighted by atomic mass is 35.5. The van der Waals surface area contributed by atoms with Crippen LogP contribution < -0.4 is 0 Å². The summed E-state index contributed by atoms with van der Waals surface area (Å²) in [5, 5.41) is 0.150. The summed E-state index contributed by atoms with van der Waals surface area (Å²) in [7, 11) is -3.69. The summed E-state index contributed by atoms with van der Waals surface area (Å²) in [6.07, 6.45) is 0. The molecule has 0 aromatic heterocycles. The normalized spacial score (nSPS) is 12.2. The fraction of sp³-hybridized carbons (Fsp3) is 0.409. The molecule has 0 amide bonds. The molecule has 0 bridgehead atoms. The van der Waals surface area contributed by atoms with E-state index in [1.165, 1.54) is 28.1 Å². The molecule has 0 N–H and O–H groups in total. The highest BCUT2D eigenvalue weighted by Crippen LogP contribution is 2.25. The number of hydrogen-bond donors (Lipinski definition) is 0. The van der Waals surface area contributed by atoms with Gasteiger partial charge in [0.25, 0.3) is 0 Å². The number of halogens is 1. The minimum Gasteiger partial charge on any atom is -0.457 e. The van der Waals surface area contributed by atoms with Crippen molar-refractivity contribution >= 4 is 27.6 Å². The number of esters is 1. The zero-order valence-electron chi connectivity index (χ0n) is 17.5. The Balaban J connectivity index is 2.19. The molecule has 5 nitrogen and oxygen atoms in total. The maximum Gasteiger partial charge on any atom is 0.340 e. The summed E-state index contributed by atoms with van der Waals surface area (Å²) in [5.74, 6) is -0.661. The van der Waals surface area contributed by atoms with Crippen LogP contribution in [0.25, 0.3) is 0 Å². The van der Waals surface area contributed by atoms with Crippen molar-refractivity contribution in [2.24, 2.45) is 0 Å². The molecule has 7 heteroatoms. The third kappa shape index (κ3) is 5.59. The van der Waals surface area contributed by atoms with Gasteiger partial charge in [0.1, 0.15) is 6.61 Å². The van der Waals surface area contributed by atoms with Crippen LogP contribution in [0.1, 0.15) is 56.1 Å². The van der Waals surface area contributed by atoms with Crippen LogP contribution in [-0.4, -0.2) is 31.8 Å². The molecule has 0 unspecified atom stereocenters. The van der Waals surface area contributed by atoms with E-state index in [0.717, 1.165) is 5.56 Å².